The van der Waals surface area contributed by atoms with Crippen LogP contribution in [-0.4, -0.2) is 10.8 Å². The van der Waals surface area contributed by atoms with Crippen LogP contribution in [0.3, 0.4) is 0 Å². The minimum absolute atomic E-state index is 0.0202. The number of aromatic nitrogens is 1. The zero-order valence-electron chi connectivity index (χ0n) is 8.65. The van der Waals surface area contributed by atoms with E-state index in [9.17, 15) is 4.79 Å². The van der Waals surface area contributed by atoms with Crippen molar-refractivity contribution in [1.29, 1.82) is 0 Å². The van der Waals surface area contributed by atoms with E-state index in [1.165, 1.54) is 0 Å². The molecule has 2 heterocycles. The maximum Gasteiger partial charge on any atom is 0.212 e. The van der Waals surface area contributed by atoms with Crippen LogP contribution in [0.25, 0.3) is 0 Å². The zero-order valence-corrected chi connectivity index (χ0v) is 9.47. The first-order valence-electron chi connectivity index (χ1n) is 4.70. The Morgan fingerprint density at radius 1 is 1.33 bits per heavy atom. The van der Waals surface area contributed by atoms with Crippen molar-refractivity contribution in [2.45, 2.75) is 13.8 Å². The lowest BCUT2D eigenvalue weighted by molar-refractivity contribution is 0.103. The molecule has 2 aromatic heterocycles. The van der Waals surface area contributed by atoms with E-state index in [2.05, 4.69) is 4.98 Å². The van der Waals surface area contributed by atoms with Crippen molar-refractivity contribution in [3.8, 4) is 0 Å². The van der Waals surface area contributed by atoms with E-state index in [1.807, 2.05) is 37.4 Å². The second-order valence-corrected chi connectivity index (χ2v) is 4.51. The molecule has 15 heavy (non-hydrogen) atoms. The molecule has 0 aliphatic rings. The lowest BCUT2D eigenvalue weighted by Crippen LogP contribution is -2.06. The third-order valence-electron chi connectivity index (χ3n) is 2.33. The monoisotopic (exact) mass is 217 g/mol. The highest BCUT2D eigenvalue weighted by molar-refractivity contribution is 7.10. The highest BCUT2D eigenvalue weighted by Gasteiger charge is 2.15. The molecule has 2 nitrogen and oxygen atoms in total. The van der Waals surface area contributed by atoms with Crippen LogP contribution in [0.1, 0.15) is 26.5 Å². The van der Waals surface area contributed by atoms with E-state index in [0.717, 1.165) is 16.0 Å². The van der Waals surface area contributed by atoms with E-state index < -0.39 is 0 Å². The summed E-state index contributed by atoms with van der Waals surface area (Å²) in [5.41, 5.74) is 2.24. The van der Waals surface area contributed by atoms with Crippen molar-refractivity contribution >= 4 is 17.1 Å². The molecule has 2 aromatic rings. The molecule has 0 amide bonds. The van der Waals surface area contributed by atoms with Crippen molar-refractivity contribution in [1.82, 2.24) is 4.98 Å². The smallest absolute Gasteiger partial charge is 0.212 e. The van der Waals surface area contributed by atoms with E-state index in [0.29, 0.717) is 5.69 Å². The summed E-state index contributed by atoms with van der Waals surface area (Å²) >= 11 is 1.58. The van der Waals surface area contributed by atoms with E-state index in [-0.39, 0.29) is 5.78 Å². The number of ketones is 1. The van der Waals surface area contributed by atoms with Crippen molar-refractivity contribution in [2.24, 2.45) is 0 Å². The molecule has 0 fully saturated rings. The van der Waals surface area contributed by atoms with Crippen LogP contribution < -0.4 is 0 Å². The van der Waals surface area contributed by atoms with Gasteiger partial charge in [0.15, 0.2) is 0 Å². The summed E-state index contributed by atoms with van der Waals surface area (Å²) in [4.78, 5) is 17.3. The molecular formula is C12H11NOS. The molecule has 0 radical (unpaired) electrons. The standard InChI is InChI=1S/C12H11NOS/c1-8-4-3-6-13-11(8)12(14)10-5-7-15-9(10)2/h3-7H,1-2H3. The largest absolute Gasteiger partial charge is 0.287 e. The van der Waals surface area contributed by atoms with Crippen molar-refractivity contribution < 1.29 is 4.79 Å². The van der Waals surface area contributed by atoms with Crippen LogP contribution in [0.5, 0.6) is 0 Å². The Morgan fingerprint density at radius 3 is 2.73 bits per heavy atom. The quantitative estimate of drug-likeness (QED) is 0.724. The SMILES string of the molecule is Cc1cccnc1C(=O)c1ccsc1C. The first kappa shape index (κ1) is 10.1. The van der Waals surface area contributed by atoms with Gasteiger partial charge in [-0.2, -0.15) is 0 Å². The molecule has 0 atom stereocenters. The van der Waals surface area contributed by atoms with E-state index in [1.54, 1.807) is 17.5 Å². The number of carbonyl (C=O) groups excluding carboxylic acids is 1. The first-order chi connectivity index (χ1) is 7.20. The van der Waals surface area contributed by atoms with Gasteiger partial charge in [0.25, 0.3) is 0 Å². The molecule has 0 unspecified atom stereocenters. The van der Waals surface area contributed by atoms with Crippen LogP contribution in [0.4, 0.5) is 0 Å². The Morgan fingerprint density at radius 2 is 2.13 bits per heavy atom. The van der Waals surface area contributed by atoms with Gasteiger partial charge in [-0.1, -0.05) is 6.07 Å². The lowest BCUT2D eigenvalue weighted by atomic mass is 10.1. The highest BCUT2D eigenvalue weighted by Crippen LogP contribution is 2.19. The van der Waals surface area contributed by atoms with E-state index >= 15 is 0 Å². The summed E-state index contributed by atoms with van der Waals surface area (Å²) in [5, 5.41) is 1.93. The number of hydrogen-bond acceptors (Lipinski definition) is 3. The number of nitrogens with zero attached hydrogens (tertiary/aromatic N) is 1. The third-order valence-corrected chi connectivity index (χ3v) is 3.17. The summed E-state index contributed by atoms with van der Waals surface area (Å²) in [6.45, 7) is 3.86. The van der Waals surface area contributed by atoms with Gasteiger partial charge in [-0.3, -0.25) is 9.78 Å². The van der Waals surface area contributed by atoms with Gasteiger partial charge in [-0.05, 0) is 36.9 Å². The number of rotatable bonds is 2. The number of carbonyl (C=O) groups is 1. The average molecular weight is 217 g/mol. The second-order valence-electron chi connectivity index (χ2n) is 3.39. The molecule has 0 saturated heterocycles. The predicted molar refractivity (Wildman–Crippen MR) is 61.5 cm³/mol. The summed E-state index contributed by atoms with van der Waals surface area (Å²) in [6, 6.07) is 5.60. The molecular weight excluding hydrogens is 206 g/mol. The normalized spacial score (nSPS) is 10.3. The van der Waals surface area contributed by atoms with Gasteiger partial charge in [0.05, 0.1) is 0 Å². The summed E-state index contributed by atoms with van der Waals surface area (Å²) < 4.78 is 0. The number of aryl methyl sites for hydroxylation is 2. The molecule has 0 aliphatic carbocycles. The maximum absolute atomic E-state index is 12.1. The minimum Gasteiger partial charge on any atom is -0.287 e. The number of pyridine rings is 1. The lowest BCUT2D eigenvalue weighted by Gasteiger charge is -2.02. The van der Waals surface area contributed by atoms with Crippen LogP contribution in [0, 0.1) is 13.8 Å². The molecule has 0 aliphatic heterocycles. The topological polar surface area (TPSA) is 30.0 Å². The molecule has 3 heteroatoms. The van der Waals surface area contributed by atoms with Crippen molar-refractivity contribution in [2.75, 3.05) is 0 Å². The Balaban J connectivity index is 2.46. The number of hydrogen-bond donors (Lipinski definition) is 0. The molecule has 0 aromatic carbocycles. The highest BCUT2D eigenvalue weighted by atomic mass is 32.1. The Kier molecular flexibility index (Phi) is 2.64. The molecule has 76 valence electrons. The van der Waals surface area contributed by atoms with Crippen molar-refractivity contribution in [3.63, 3.8) is 0 Å². The molecule has 0 spiro atoms. The molecule has 0 bridgehead atoms. The number of thiophene rings is 1. The van der Waals surface area contributed by atoms with Gasteiger partial charge in [-0.25, -0.2) is 0 Å². The summed E-state index contributed by atoms with van der Waals surface area (Å²) in [5.74, 6) is 0.0202. The molecule has 0 N–H and O–H groups in total. The summed E-state index contributed by atoms with van der Waals surface area (Å²) in [7, 11) is 0. The second kappa shape index (κ2) is 3.95. The van der Waals surface area contributed by atoms with Gasteiger partial charge < -0.3 is 0 Å². The van der Waals surface area contributed by atoms with Crippen molar-refractivity contribution in [3.05, 3.63) is 51.5 Å². The van der Waals surface area contributed by atoms with Gasteiger partial charge in [0.1, 0.15) is 5.69 Å². The Labute approximate surface area is 92.6 Å². The van der Waals surface area contributed by atoms with Crippen LogP contribution in [-0.2, 0) is 0 Å². The van der Waals surface area contributed by atoms with Crippen LogP contribution in [0.15, 0.2) is 29.8 Å². The van der Waals surface area contributed by atoms with Gasteiger partial charge in [0, 0.05) is 16.6 Å². The van der Waals surface area contributed by atoms with E-state index in [4.69, 9.17) is 0 Å². The summed E-state index contributed by atoms with van der Waals surface area (Å²) in [6.07, 6.45) is 1.65. The molecule has 2 rings (SSSR count). The third kappa shape index (κ3) is 1.83. The molecule has 0 saturated carbocycles. The predicted octanol–water partition coefficient (Wildman–Crippen LogP) is 2.99. The zero-order chi connectivity index (χ0) is 10.8. The van der Waals surface area contributed by atoms with Gasteiger partial charge in [0.2, 0.25) is 5.78 Å². The Hall–Kier alpha value is -1.48. The maximum atomic E-state index is 12.1. The fourth-order valence-corrected chi connectivity index (χ4v) is 2.17. The van der Waals surface area contributed by atoms with Gasteiger partial charge in [-0.15, -0.1) is 11.3 Å². The van der Waals surface area contributed by atoms with Gasteiger partial charge >= 0.3 is 0 Å². The van der Waals surface area contributed by atoms with Crippen LogP contribution in [0.2, 0.25) is 0 Å². The van der Waals surface area contributed by atoms with Crippen LogP contribution >= 0.6 is 11.3 Å². The first-order valence-corrected chi connectivity index (χ1v) is 5.58. The minimum atomic E-state index is 0.0202. The fraction of sp³-hybridized carbons (Fsp3) is 0.167. The Bertz CT molecular complexity index is 502. The fourth-order valence-electron chi connectivity index (χ4n) is 1.47. The average Bonchev–Trinajstić information content (AvgIpc) is 2.64.